The lowest BCUT2D eigenvalue weighted by Crippen LogP contribution is -2.30. The summed E-state index contributed by atoms with van der Waals surface area (Å²) in [6.45, 7) is 0. The Morgan fingerprint density at radius 2 is 1.51 bits per heavy atom. The van der Waals surface area contributed by atoms with Gasteiger partial charge in [0.1, 0.15) is 5.70 Å². The molecule has 43 heavy (non-hydrogen) atoms. The minimum atomic E-state index is -4.59. The van der Waals surface area contributed by atoms with Crippen LogP contribution in [-0.2, 0) is 15.8 Å². The summed E-state index contributed by atoms with van der Waals surface area (Å²) in [4.78, 5) is 39.2. The van der Waals surface area contributed by atoms with E-state index in [0.717, 1.165) is 30.0 Å². The zero-order valence-electron chi connectivity index (χ0n) is 22.0. The number of benzene rings is 4. The zero-order chi connectivity index (χ0) is 31.0. The van der Waals surface area contributed by atoms with E-state index in [-0.39, 0.29) is 22.2 Å². The first-order valence-corrected chi connectivity index (χ1v) is 14.3. The molecule has 4 aromatic rings. The molecule has 4 aromatic carbocycles. The van der Waals surface area contributed by atoms with Crippen LogP contribution in [0.1, 0.15) is 21.5 Å². The fraction of sp³-hybridized carbons (Fsp3) is 0.0645. The summed E-state index contributed by atoms with van der Waals surface area (Å²) in [6.07, 6.45) is -3.13. The molecule has 4 rings (SSSR count). The van der Waals surface area contributed by atoms with Gasteiger partial charge in [-0.3, -0.25) is 14.4 Å². The van der Waals surface area contributed by atoms with Crippen molar-refractivity contribution >= 4 is 70.1 Å². The Hall–Kier alpha value is -4.25. The molecule has 220 valence electrons. The second-order valence-corrected chi connectivity index (χ2v) is 10.8. The third kappa shape index (κ3) is 9.12. The monoisotopic (exact) mass is 643 g/mol. The predicted molar refractivity (Wildman–Crippen MR) is 164 cm³/mol. The van der Waals surface area contributed by atoms with E-state index in [9.17, 15) is 27.6 Å². The van der Waals surface area contributed by atoms with Crippen LogP contribution < -0.4 is 16.0 Å². The lowest BCUT2D eigenvalue weighted by molar-refractivity contribution is -0.137. The van der Waals surface area contributed by atoms with E-state index in [1.54, 1.807) is 78.9 Å². The summed E-state index contributed by atoms with van der Waals surface area (Å²) in [7, 11) is 0. The number of rotatable bonds is 9. The number of carbonyl (C=O) groups is 3. The standard InChI is InChI=1S/C31H22Cl2F3N3O3S/c32-24-12-5-4-9-20(24)15-27(39-29(41)19-7-2-1-3-8-19)30(42)37-22-10-6-11-23(17-22)43-18-28(40)38-26-16-21(31(34,35)36)13-14-25(26)33/h1-17H,18H2,(H,37,42)(H,38,40)(H,39,41)/b27-15+. The van der Waals surface area contributed by atoms with Gasteiger partial charge in [0, 0.05) is 21.2 Å². The summed E-state index contributed by atoms with van der Waals surface area (Å²) >= 11 is 13.3. The fourth-order valence-electron chi connectivity index (χ4n) is 3.68. The predicted octanol–water partition coefficient (Wildman–Crippen LogP) is 8.15. The number of thioether (sulfide) groups is 1. The maximum atomic E-state index is 13.3. The molecule has 0 atom stereocenters. The Bertz CT molecular complexity index is 1680. The van der Waals surface area contributed by atoms with E-state index in [0.29, 0.717) is 26.7 Å². The van der Waals surface area contributed by atoms with Crippen molar-refractivity contribution in [1.29, 1.82) is 0 Å². The molecule has 12 heteroatoms. The summed E-state index contributed by atoms with van der Waals surface area (Å²) in [6, 6.07) is 24.4. The number of amides is 3. The van der Waals surface area contributed by atoms with Crippen LogP contribution in [0.3, 0.4) is 0 Å². The number of anilines is 2. The Labute approximate surface area is 259 Å². The average Bonchev–Trinajstić information content (AvgIpc) is 2.98. The van der Waals surface area contributed by atoms with Crippen LogP contribution >= 0.6 is 35.0 Å². The number of hydrogen-bond donors (Lipinski definition) is 3. The molecule has 0 bridgehead atoms. The lowest BCUT2D eigenvalue weighted by Gasteiger charge is -2.13. The maximum absolute atomic E-state index is 13.3. The third-order valence-corrected chi connectivity index (χ3v) is 7.43. The summed E-state index contributed by atoms with van der Waals surface area (Å²) < 4.78 is 39.1. The molecular formula is C31H22Cl2F3N3O3S. The van der Waals surface area contributed by atoms with Crippen molar-refractivity contribution in [3.05, 3.63) is 129 Å². The Kier molecular flexibility index (Phi) is 10.5. The molecule has 0 aliphatic heterocycles. The number of nitrogens with one attached hydrogen (secondary N) is 3. The van der Waals surface area contributed by atoms with Crippen molar-refractivity contribution in [2.45, 2.75) is 11.1 Å². The maximum Gasteiger partial charge on any atom is 0.416 e. The zero-order valence-corrected chi connectivity index (χ0v) is 24.4. The van der Waals surface area contributed by atoms with E-state index >= 15 is 0 Å². The molecule has 0 aliphatic carbocycles. The van der Waals surface area contributed by atoms with Crippen molar-refractivity contribution < 1.29 is 27.6 Å². The molecule has 0 spiro atoms. The fourth-order valence-corrected chi connectivity index (χ4v) is 4.79. The van der Waals surface area contributed by atoms with Crippen molar-refractivity contribution in [3.8, 4) is 0 Å². The molecule has 6 nitrogen and oxygen atoms in total. The van der Waals surface area contributed by atoms with Gasteiger partial charge in [0.05, 0.1) is 22.0 Å². The molecule has 0 radical (unpaired) electrons. The van der Waals surface area contributed by atoms with Gasteiger partial charge >= 0.3 is 6.18 Å². The van der Waals surface area contributed by atoms with E-state index < -0.39 is 29.5 Å². The van der Waals surface area contributed by atoms with Crippen LogP contribution in [0.15, 0.2) is 108 Å². The molecule has 0 saturated heterocycles. The molecule has 3 amide bonds. The quantitative estimate of drug-likeness (QED) is 0.127. The van der Waals surface area contributed by atoms with Crippen LogP contribution in [0.5, 0.6) is 0 Å². The second-order valence-electron chi connectivity index (χ2n) is 8.91. The summed E-state index contributed by atoms with van der Waals surface area (Å²) in [5.41, 5.74) is 0.0831. The summed E-state index contributed by atoms with van der Waals surface area (Å²) in [5.74, 6) is -1.84. The van der Waals surface area contributed by atoms with Crippen molar-refractivity contribution in [2.75, 3.05) is 16.4 Å². The second kappa shape index (κ2) is 14.3. The molecule has 3 N–H and O–H groups in total. The Morgan fingerprint density at radius 3 is 2.23 bits per heavy atom. The highest BCUT2D eigenvalue weighted by molar-refractivity contribution is 8.00. The number of halogens is 5. The van der Waals surface area contributed by atoms with Gasteiger partial charge in [-0.25, -0.2) is 0 Å². The van der Waals surface area contributed by atoms with Crippen molar-refractivity contribution in [3.63, 3.8) is 0 Å². The first-order valence-electron chi connectivity index (χ1n) is 12.5. The topological polar surface area (TPSA) is 87.3 Å². The number of carbonyl (C=O) groups excluding carboxylic acids is 3. The van der Waals surface area contributed by atoms with E-state index in [2.05, 4.69) is 16.0 Å². The number of hydrogen-bond acceptors (Lipinski definition) is 4. The molecular weight excluding hydrogens is 622 g/mol. The minimum absolute atomic E-state index is 0.0314. The van der Waals surface area contributed by atoms with Gasteiger partial charge in [0.15, 0.2) is 0 Å². The van der Waals surface area contributed by atoms with Crippen LogP contribution in [0, 0.1) is 0 Å². The van der Waals surface area contributed by atoms with Gasteiger partial charge in [0.2, 0.25) is 5.91 Å². The van der Waals surface area contributed by atoms with E-state index in [4.69, 9.17) is 23.2 Å². The van der Waals surface area contributed by atoms with Gasteiger partial charge in [-0.05, 0) is 66.2 Å². The van der Waals surface area contributed by atoms with Gasteiger partial charge < -0.3 is 16.0 Å². The molecule has 0 unspecified atom stereocenters. The van der Waals surface area contributed by atoms with Gasteiger partial charge in [0.25, 0.3) is 11.8 Å². The SMILES string of the molecule is O=C(CSc1cccc(NC(=O)/C(=C\c2ccccc2Cl)NC(=O)c2ccccc2)c1)Nc1cc(C(F)(F)F)ccc1Cl. The van der Waals surface area contributed by atoms with Gasteiger partial charge in [-0.1, -0.05) is 65.7 Å². The molecule has 0 aliphatic rings. The van der Waals surface area contributed by atoms with Crippen LogP contribution in [0.4, 0.5) is 24.5 Å². The Morgan fingerprint density at radius 1 is 0.791 bits per heavy atom. The normalized spacial score (nSPS) is 11.5. The Balaban J connectivity index is 1.45. The average molecular weight is 645 g/mol. The van der Waals surface area contributed by atoms with Gasteiger partial charge in [-0.2, -0.15) is 13.2 Å². The molecule has 0 saturated carbocycles. The van der Waals surface area contributed by atoms with Crippen LogP contribution in [-0.4, -0.2) is 23.5 Å². The van der Waals surface area contributed by atoms with Crippen LogP contribution in [0.2, 0.25) is 10.0 Å². The summed E-state index contributed by atoms with van der Waals surface area (Å²) in [5, 5.41) is 8.11. The largest absolute Gasteiger partial charge is 0.416 e. The number of alkyl halides is 3. The third-order valence-electron chi connectivity index (χ3n) is 5.76. The molecule has 0 aromatic heterocycles. The lowest BCUT2D eigenvalue weighted by atomic mass is 10.1. The highest BCUT2D eigenvalue weighted by Crippen LogP contribution is 2.34. The van der Waals surface area contributed by atoms with E-state index in [1.165, 1.54) is 6.08 Å². The van der Waals surface area contributed by atoms with E-state index in [1.807, 2.05) is 0 Å². The molecule has 0 fully saturated rings. The van der Waals surface area contributed by atoms with Gasteiger partial charge in [-0.15, -0.1) is 11.8 Å². The molecule has 0 heterocycles. The highest BCUT2D eigenvalue weighted by atomic mass is 35.5. The minimum Gasteiger partial charge on any atom is -0.324 e. The first kappa shape index (κ1) is 31.7. The van der Waals surface area contributed by atoms with Crippen LogP contribution in [0.25, 0.3) is 6.08 Å². The smallest absolute Gasteiger partial charge is 0.324 e. The first-order chi connectivity index (χ1) is 20.5. The highest BCUT2D eigenvalue weighted by Gasteiger charge is 2.31. The van der Waals surface area contributed by atoms with Crippen molar-refractivity contribution in [1.82, 2.24) is 5.32 Å². The van der Waals surface area contributed by atoms with Crippen molar-refractivity contribution in [2.24, 2.45) is 0 Å².